The zero-order valence-corrected chi connectivity index (χ0v) is 20.9. The molecule has 1 amide bonds. The smallest absolute Gasteiger partial charge is 0.230 e. The molecule has 6 nitrogen and oxygen atoms in total. The van der Waals surface area contributed by atoms with Gasteiger partial charge in [-0.25, -0.2) is 0 Å². The number of aromatic nitrogens is 3. The molecule has 1 atom stereocenters. The van der Waals surface area contributed by atoms with Crippen LogP contribution in [0.5, 0.6) is 0 Å². The van der Waals surface area contributed by atoms with Crippen LogP contribution in [0.4, 0.5) is 0 Å². The van der Waals surface area contributed by atoms with Gasteiger partial charge < -0.3 is 10.1 Å². The molecule has 0 radical (unpaired) electrons. The van der Waals surface area contributed by atoms with E-state index in [4.69, 9.17) is 4.74 Å². The summed E-state index contributed by atoms with van der Waals surface area (Å²) in [5.41, 5.74) is 4.41. The van der Waals surface area contributed by atoms with Crippen LogP contribution >= 0.6 is 11.8 Å². The Morgan fingerprint density at radius 1 is 1.00 bits per heavy atom. The summed E-state index contributed by atoms with van der Waals surface area (Å²) in [6.45, 7) is 3.19. The first-order valence-electron chi connectivity index (χ1n) is 11.6. The lowest BCUT2D eigenvalue weighted by molar-refractivity contribution is -0.119. The summed E-state index contributed by atoms with van der Waals surface area (Å²) in [7, 11) is 1.67. The summed E-state index contributed by atoms with van der Waals surface area (Å²) in [6, 6.07) is 28.4. The third-order valence-corrected chi connectivity index (χ3v) is 6.63. The molecule has 4 aromatic rings. The number of nitrogens with one attached hydrogen (secondary N) is 1. The second-order valence-electron chi connectivity index (χ2n) is 8.33. The van der Waals surface area contributed by atoms with E-state index in [0.717, 1.165) is 28.9 Å². The van der Waals surface area contributed by atoms with E-state index >= 15 is 0 Å². The van der Waals surface area contributed by atoms with Gasteiger partial charge in [-0.2, -0.15) is 0 Å². The maximum absolute atomic E-state index is 13.0. The van der Waals surface area contributed by atoms with Crippen LogP contribution in [-0.4, -0.2) is 40.1 Å². The molecule has 0 bridgehead atoms. The SMILES string of the molecule is COCCn1c(SCC(=O)N[C@@H](Cc2ccccc2)c2ccccc2)nnc1-c1cccc(C)c1. The Hall–Kier alpha value is -3.42. The molecule has 180 valence electrons. The number of thioether (sulfide) groups is 1. The van der Waals surface area contributed by atoms with Crippen molar-refractivity contribution in [3.63, 3.8) is 0 Å². The average molecular weight is 487 g/mol. The van der Waals surface area contributed by atoms with Crippen LogP contribution < -0.4 is 5.32 Å². The fourth-order valence-corrected chi connectivity index (χ4v) is 4.71. The highest BCUT2D eigenvalue weighted by atomic mass is 32.2. The number of methoxy groups -OCH3 is 1. The Kier molecular flexibility index (Phi) is 8.70. The number of ether oxygens (including phenoxy) is 1. The molecule has 0 saturated carbocycles. The van der Waals surface area contributed by atoms with Gasteiger partial charge in [-0.15, -0.1) is 10.2 Å². The van der Waals surface area contributed by atoms with Gasteiger partial charge in [0.2, 0.25) is 5.91 Å². The quantitative estimate of drug-likeness (QED) is 0.299. The Morgan fingerprint density at radius 3 is 2.46 bits per heavy atom. The van der Waals surface area contributed by atoms with Crippen LogP contribution in [0.15, 0.2) is 90.1 Å². The first-order chi connectivity index (χ1) is 17.1. The number of rotatable bonds is 11. The molecule has 0 aliphatic rings. The molecule has 1 N–H and O–H groups in total. The summed E-state index contributed by atoms with van der Waals surface area (Å²) in [6.07, 6.45) is 0.725. The minimum atomic E-state index is -0.110. The Labute approximate surface area is 210 Å². The molecule has 35 heavy (non-hydrogen) atoms. The maximum Gasteiger partial charge on any atom is 0.230 e. The third kappa shape index (κ3) is 6.81. The second-order valence-corrected chi connectivity index (χ2v) is 9.27. The monoisotopic (exact) mass is 486 g/mol. The number of hydrogen-bond acceptors (Lipinski definition) is 5. The van der Waals surface area contributed by atoms with Crippen molar-refractivity contribution in [1.29, 1.82) is 0 Å². The zero-order chi connectivity index (χ0) is 24.5. The molecule has 7 heteroatoms. The first-order valence-corrected chi connectivity index (χ1v) is 12.6. The molecule has 1 aromatic heterocycles. The standard InChI is InChI=1S/C28H30N4O2S/c1-21-10-9-15-24(18-21)27-30-31-28(32(27)16-17-34-2)35-20-26(33)29-25(23-13-7-4-8-14-23)19-22-11-5-3-6-12-22/h3-15,18,25H,16-17,19-20H2,1-2H3,(H,29,33)/t25-/m0/s1. The lowest BCUT2D eigenvalue weighted by Gasteiger charge is -2.19. The van der Waals surface area contributed by atoms with Crippen molar-refractivity contribution in [3.05, 3.63) is 102 Å². The highest BCUT2D eigenvalue weighted by Gasteiger charge is 2.18. The van der Waals surface area contributed by atoms with Gasteiger partial charge in [0.15, 0.2) is 11.0 Å². The Bertz CT molecular complexity index is 1230. The van der Waals surface area contributed by atoms with Crippen LogP contribution in [0.25, 0.3) is 11.4 Å². The summed E-state index contributed by atoms with van der Waals surface area (Å²) >= 11 is 1.39. The molecule has 1 heterocycles. The topological polar surface area (TPSA) is 69.0 Å². The van der Waals surface area contributed by atoms with Crippen LogP contribution in [-0.2, 0) is 22.5 Å². The normalized spacial score (nSPS) is 11.8. The van der Waals surface area contributed by atoms with E-state index in [9.17, 15) is 4.79 Å². The van der Waals surface area contributed by atoms with Crippen molar-refractivity contribution < 1.29 is 9.53 Å². The lowest BCUT2D eigenvalue weighted by atomic mass is 9.99. The second kappa shape index (κ2) is 12.3. The Morgan fingerprint density at radius 2 is 1.74 bits per heavy atom. The van der Waals surface area contributed by atoms with E-state index in [2.05, 4.69) is 58.8 Å². The molecule has 0 spiro atoms. The fraction of sp³-hybridized carbons (Fsp3) is 0.250. The summed E-state index contributed by atoms with van der Waals surface area (Å²) in [5, 5.41) is 12.7. The molecule has 0 aliphatic heterocycles. The molecule has 0 aliphatic carbocycles. The highest BCUT2D eigenvalue weighted by molar-refractivity contribution is 7.99. The predicted molar refractivity (Wildman–Crippen MR) is 140 cm³/mol. The van der Waals surface area contributed by atoms with Crippen molar-refractivity contribution in [2.75, 3.05) is 19.5 Å². The molecule has 0 fully saturated rings. The van der Waals surface area contributed by atoms with E-state index in [-0.39, 0.29) is 17.7 Å². The number of aryl methyl sites for hydroxylation is 1. The van der Waals surface area contributed by atoms with E-state index in [1.165, 1.54) is 17.3 Å². The first kappa shape index (κ1) is 24.7. The Balaban J connectivity index is 1.47. The van der Waals surface area contributed by atoms with Gasteiger partial charge in [0.25, 0.3) is 0 Å². The van der Waals surface area contributed by atoms with Gasteiger partial charge >= 0.3 is 0 Å². The van der Waals surface area contributed by atoms with Gasteiger partial charge in [-0.1, -0.05) is 96.2 Å². The van der Waals surface area contributed by atoms with E-state index in [0.29, 0.717) is 18.3 Å². The molecular formula is C28H30N4O2S. The molecule has 0 unspecified atom stereocenters. The van der Waals surface area contributed by atoms with Crippen LogP contribution in [0, 0.1) is 6.92 Å². The van der Waals surface area contributed by atoms with Crippen molar-refractivity contribution in [1.82, 2.24) is 20.1 Å². The lowest BCUT2D eigenvalue weighted by Crippen LogP contribution is -2.31. The molecule has 3 aromatic carbocycles. The van der Waals surface area contributed by atoms with Crippen molar-refractivity contribution in [3.8, 4) is 11.4 Å². The van der Waals surface area contributed by atoms with E-state index in [1.807, 2.05) is 53.1 Å². The van der Waals surface area contributed by atoms with Gasteiger partial charge in [0.1, 0.15) is 0 Å². The summed E-state index contributed by atoms with van der Waals surface area (Å²) in [5.74, 6) is 0.981. The molecule has 0 saturated heterocycles. The molecular weight excluding hydrogens is 456 g/mol. The van der Waals surface area contributed by atoms with E-state index < -0.39 is 0 Å². The van der Waals surface area contributed by atoms with E-state index in [1.54, 1.807) is 7.11 Å². The summed E-state index contributed by atoms with van der Waals surface area (Å²) < 4.78 is 7.33. The number of nitrogens with zero attached hydrogens (tertiary/aromatic N) is 3. The fourth-order valence-electron chi connectivity index (χ4n) is 3.93. The largest absolute Gasteiger partial charge is 0.383 e. The third-order valence-electron chi connectivity index (χ3n) is 5.66. The zero-order valence-electron chi connectivity index (χ0n) is 20.1. The van der Waals surface area contributed by atoms with Crippen LogP contribution in [0.2, 0.25) is 0 Å². The van der Waals surface area contributed by atoms with Gasteiger partial charge in [-0.05, 0) is 30.5 Å². The minimum Gasteiger partial charge on any atom is -0.383 e. The minimum absolute atomic E-state index is 0.0434. The van der Waals surface area contributed by atoms with Crippen molar-refractivity contribution in [2.24, 2.45) is 0 Å². The molecule has 4 rings (SSSR count). The average Bonchev–Trinajstić information content (AvgIpc) is 3.29. The maximum atomic E-state index is 13.0. The van der Waals surface area contributed by atoms with Crippen molar-refractivity contribution >= 4 is 17.7 Å². The number of hydrogen-bond donors (Lipinski definition) is 1. The van der Waals surface area contributed by atoms with Crippen LogP contribution in [0.3, 0.4) is 0 Å². The predicted octanol–water partition coefficient (Wildman–Crippen LogP) is 5.09. The number of carbonyl (C=O) groups excluding carboxylic acids is 1. The van der Waals surface area contributed by atoms with Crippen LogP contribution in [0.1, 0.15) is 22.7 Å². The number of benzene rings is 3. The van der Waals surface area contributed by atoms with Crippen molar-refractivity contribution in [2.45, 2.75) is 31.1 Å². The number of carbonyl (C=O) groups is 1. The van der Waals surface area contributed by atoms with Gasteiger partial charge in [0.05, 0.1) is 24.9 Å². The highest BCUT2D eigenvalue weighted by Crippen LogP contribution is 2.25. The van der Waals surface area contributed by atoms with Gasteiger partial charge in [-0.3, -0.25) is 9.36 Å². The number of amides is 1. The van der Waals surface area contributed by atoms with Gasteiger partial charge in [0, 0.05) is 12.7 Å². The summed E-state index contributed by atoms with van der Waals surface area (Å²) in [4.78, 5) is 13.0.